The van der Waals surface area contributed by atoms with E-state index in [1.807, 2.05) is 0 Å². The second kappa shape index (κ2) is 5.45. The van der Waals surface area contributed by atoms with Gasteiger partial charge in [-0.1, -0.05) is 18.2 Å². The fourth-order valence-electron chi connectivity index (χ4n) is 2.26. The van der Waals surface area contributed by atoms with E-state index in [0.717, 1.165) is 12.2 Å². The molecule has 2 heteroatoms. The average molecular weight is 221 g/mol. The minimum Gasteiger partial charge on any atom is -0.371 e. The van der Waals surface area contributed by atoms with Gasteiger partial charge in [0, 0.05) is 18.8 Å². The Kier molecular flexibility index (Phi) is 3.95. The van der Waals surface area contributed by atoms with Gasteiger partial charge in [0.15, 0.2) is 0 Å². The number of nitrogens with zero attached hydrogens (tertiary/aromatic N) is 1. The highest BCUT2D eigenvalue weighted by Gasteiger charge is 2.14. The number of para-hydroxylation sites is 1. The first kappa shape index (κ1) is 10.9. The number of rotatable bonds is 4. The lowest BCUT2D eigenvalue weighted by atomic mass is 10.1. The number of hydrogen-bond acceptors (Lipinski definition) is 2. The van der Waals surface area contributed by atoms with Gasteiger partial charge in [0.25, 0.3) is 0 Å². The molecular weight excluding hydrogens is 202 g/mol. The van der Waals surface area contributed by atoms with Crippen LogP contribution in [0.3, 0.4) is 0 Å². The summed E-state index contributed by atoms with van der Waals surface area (Å²) in [6, 6.07) is 8.82. The van der Waals surface area contributed by atoms with Crippen LogP contribution in [0.4, 0.5) is 5.69 Å². The molecule has 1 fully saturated rings. The van der Waals surface area contributed by atoms with E-state index in [-0.39, 0.29) is 0 Å². The van der Waals surface area contributed by atoms with E-state index < -0.39 is 0 Å². The first-order chi connectivity index (χ1) is 7.42. The highest BCUT2D eigenvalue weighted by Crippen LogP contribution is 2.25. The summed E-state index contributed by atoms with van der Waals surface area (Å²) in [6.45, 7) is 2.47. The highest BCUT2D eigenvalue weighted by molar-refractivity contribution is 7.80. The van der Waals surface area contributed by atoms with Gasteiger partial charge in [-0.2, -0.15) is 12.6 Å². The lowest BCUT2D eigenvalue weighted by Crippen LogP contribution is -2.19. The maximum atomic E-state index is 4.28. The topological polar surface area (TPSA) is 3.24 Å². The Morgan fingerprint density at radius 3 is 2.60 bits per heavy atom. The molecular formula is C13H19NS. The maximum absolute atomic E-state index is 4.28. The minimum absolute atomic E-state index is 0.980. The second-order valence-electron chi connectivity index (χ2n) is 4.15. The third-order valence-corrected chi connectivity index (χ3v) is 3.36. The predicted molar refractivity (Wildman–Crippen MR) is 70.1 cm³/mol. The average Bonchev–Trinajstić information content (AvgIpc) is 2.80. The summed E-state index contributed by atoms with van der Waals surface area (Å²) in [7, 11) is 0. The number of thiol groups is 1. The molecule has 15 heavy (non-hydrogen) atoms. The Labute approximate surface area is 97.9 Å². The van der Waals surface area contributed by atoms with Crippen molar-refractivity contribution in [1.29, 1.82) is 0 Å². The molecule has 0 spiro atoms. The summed E-state index contributed by atoms with van der Waals surface area (Å²) in [4.78, 5) is 2.52. The molecule has 0 radical (unpaired) electrons. The van der Waals surface area contributed by atoms with Crippen molar-refractivity contribution in [3.05, 3.63) is 29.8 Å². The smallest absolute Gasteiger partial charge is 0.0398 e. The molecule has 1 heterocycles. The standard InChI is InChI=1S/C13H19NS/c15-11-5-7-12-6-1-2-8-13(12)14-9-3-4-10-14/h1-2,6,8,15H,3-5,7,9-11H2. The zero-order valence-corrected chi connectivity index (χ0v) is 10.0. The van der Waals surface area contributed by atoms with Crippen LogP contribution in [0.2, 0.25) is 0 Å². The summed E-state index contributed by atoms with van der Waals surface area (Å²) in [5.74, 6) is 0.980. The van der Waals surface area contributed by atoms with Crippen LogP contribution in [-0.2, 0) is 6.42 Å². The molecule has 0 aliphatic carbocycles. The SMILES string of the molecule is SCCCc1ccccc1N1CCCC1. The largest absolute Gasteiger partial charge is 0.371 e. The van der Waals surface area contributed by atoms with Crippen LogP contribution in [-0.4, -0.2) is 18.8 Å². The normalized spacial score (nSPS) is 15.9. The van der Waals surface area contributed by atoms with Crippen molar-refractivity contribution >= 4 is 18.3 Å². The highest BCUT2D eigenvalue weighted by atomic mass is 32.1. The van der Waals surface area contributed by atoms with Crippen LogP contribution in [0.15, 0.2) is 24.3 Å². The minimum atomic E-state index is 0.980. The Morgan fingerprint density at radius 2 is 1.87 bits per heavy atom. The molecule has 1 saturated heterocycles. The molecule has 0 N–H and O–H groups in total. The van der Waals surface area contributed by atoms with Crippen LogP contribution < -0.4 is 4.90 Å². The Morgan fingerprint density at radius 1 is 1.13 bits per heavy atom. The first-order valence-corrected chi connectivity index (χ1v) is 6.49. The summed E-state index contributed by atoms with van der Waals surface area (Å²) in [5, 5.41) is 0. The van der Waals surface area contributed by atoms with Crippen molar-refractivity contribution in [3.63, 3.8) is 0 Å². The van der Waals surface area contributed by atoms with Crippen LogP contribution in [0, 0.1) is 0 Å². The quantitative estimate of drug-likeness (QED) is 0.764. The van der Waals surface area contributed by atoms with Crippen molar-refractivity contribution in [3.8, 4) is 0 Å². The lowest BCUT2D eigenvalue weighted by molar-refractivity contribution is 0.900. The summed E-state index contributed by atoms with van der Waals surface area (Å²) in [6.07, 6.45) is 5.03. The molecule has 1 aliphatic heterocycles. The Balaban J connectivity index is 2.13. The van der Waals surface area contributed by atoms with Gasteiger partial charge in [-0.25, -0.2) is 0 Å². The molecule has 0 atom stereocenters. The molecule has 0 amide bonds. The van der Waals surface area contributed by atoms with Crippen LogP contribution in [0.25, 0.3) is 0 Å². The fourth-order valence-corrected chi connectivity index (χ4v) is 2.42. The summed E-state index contributed by atoms with van der Waals surface area (Å²) in [5.41, 5.74) is 2.95. The van der Waals surface area contributed by atoms with Gasteiger partial charge in [0.2, 0.25) is 0 Å². The molecule has 1 aromatic carbocycles. The van der Waals surface area contributed by atoms with E-state index in [9.17, 15) is 0 Å². The third kappa shape index (κ3) is 2.69. The van der Waals surface area contributed by atoms with E-state index >= 15 is 0 Å². The third-order valence-electron chi connectivity index (χ3n) is 3.04. The van der Waals surface area contributed by atoms with Crippen LogP contribution in [0.5, 0.6) is 0 Å². The van der Waals surface area contributed by atoms with Crippen LogP contribution in [0.1, 0.15) is 24.8 Å². The lowest BCUT2D eigenvalue weighted by Gasteiger charge is -2.21. The van der Waals surface area contributed by atoms with Gasteiger partial charge in [-0.3, -0.25) is 0 Å². The number of hydrogen-bond donors (Lipinski definition) is 1. The van der Waals surface area contributed by atoms with E-state index in [0.29, 0.717) is 0 Å². The molecule has 82 valence electrons. The van der Waals surface area contributed by atoms with Gasteiger partial charge >= 0.3 is 0 Å². The van der Waals surface area contributed by atoms with Crippen LogP contribution >= 0.6 is 12.6 Å². The van der Waals surface area contributed by atoms with Crippen molar-refractivity contribution in [1.82, 2.24) is 0 Å². The van der Waals surface area contributed by atoms with Crippen molar-refractivity contribution in [2.45, 2.75) is 25.7 Å². The molecule has 1 aliphatic rings. The molecule has 1 nitrogen and oxygen atoms in total. The van der Waals surface area contributed by atoms with E-state index in [4.69, 9.17) is 0 Å². The Bertz CT molecular complexity index is 305. The van der Waals surface area contributed by atoms with Gasteiger partial charge in [-0.15, -0.1) is 0 Å². The summed E-state index contributed by atoms with van der Waals surface area (Å²) >= 11 is 4.28. The molecule has 1 aromatic rings. The zero-order valence-electron chi connectivity index (χ0n) is 9.15. The van der Waals surface area contributed by atoms with Gasteiger partial charge in [0.1, 0.15) is 0 Å². The van der Waals surface area contributed by atoms with E-state index in [1.54, 1.807) is 0 Å². The van der Waals surface area contributed by atoms with Gasteiger partial charge in [0.05, 0.1) is 0 Å². The maximum Gasteiger partial charge on any atom is 0.0398 e. The number of benzene rings is 1. The van der Waals surface area contributed by atoms with Crippen molar-refractivity contribution in [2.24, 2.45) is 0 Å². The molecule has 0 saturated carbocycles. The predicted octanol–water partition coefficient (Wildman–Crippen LogP) is 3.15. The monoisotopic (exact) mass is 221 g/mol. The Hall–Kier alpha value is -0.630. The van der Waals surface area contributed by atoms with Crippen molar-refractivity contribution in [2.75, 3.05) is 23.7 Å². The first-order valence-electron chi connectivity index (χ1n) is 5.85. The zero-order chi connectivity index (χ0) is 10.5. The van der Waals surface area contributed by atoms with Gasteiger partial charge < -0.3 is 4.90 Å². The molecule has 0 unspecified atom stereocenters. The molecule has 0 aromatic heterocycles. The number of aryl methyl sites for hydroxylation is 1. The second-order valence-corrected chi connectivity index (χ2v) is 4.60. The van der Waals surface area contributed by atoms with E-state index in [1.165, 1.54) is 43.6 Å². The van der Waals surface area contributed by atoms with Gasteiger partial charge in [-0.05, 0) is 43.1 Å². The fraction of sp³-hybridized carbons (Fsp3) is 0.538. The number of anilines is 1. The molecule has 2 rings (SSSR count). The van der Waals surface area contributed by atoms with Crippen molar-refractivity contribution < 1.29 is 0 Å². The summed E-state index contributed by atoms with van der Waals surface area (Å²) < 4.78 is 0. The van der Waals surface area contributed by atoms with E-state index in [2.05, 4.69) is 41.8 Å². The molecule has 0 bridgehead atoms.